The highest BCUT2D eigenvalue weighted by atomic mass is 16.5. The monoisotopic (exact) mass is 302 g/mol. The van der Waals surface area contributed by atoms with Crippen molar-refractivity contribution in [1.29, 1.82) is 0 Å². The quantitative estimate of drug-likeness (QED) is 0.589. The highest BCUT2D eigenvalue weighted by molar-refractivity contribution is 5.76. The van der Waals surface area contributed by atoms with E-state index in [0.29, 0.717) is 19.6 Å². The molecule has 21 heavy (non-hydrogen) atoms. The zero-order chi connectivity index (χ0) is 16.3. The van der Waals surface area contributed by atoms with Gasteiger partial charge in [0.25, 0.3) is 0 Å². The predicted molar refractivity (Wildman–Crippen MR) is 76.6 cm³/mol. The Hall–Kier alpha value is -1.59. The maximum Gasteiger partial charge on any atom is 0.308 e. The van der Waals surface area contributed by atoms with E-state index in [1.807, 2.05) is 13.8 Å². The molecular formula is C15H26O6. The van der Waals surface area contributed by atoms with E-state index < -0.39 is 23.8 Å². The van der Waals surface area contributed by atoms with Gasteiger partial charge in [-0.15, -0.1) is 0 Å². The Bertz CT molecular complexity index is 339. The summed E-state index contributed by atoms with van der Waals surface area (Å²) in [6.07, 6.45) is 1.95. The van der Waals surface area contributed by atoms with Gasteiger partial charge >= 0.3 is 17.9 Å². The lowest BCUT2D eigenvalue weighted by Crippen LogP contribution is -2.24. The largest absolute Gasteiger partial charge is 0.481 e. The summed E-state index contributed by atoms with van der Waals surface area (Å²) in [4.78, 5) is 34.3. The molecular weight excluding hydrogens is 276 g/mol. The molecule has 0 saturated carbocycles. The Labute approximate surface area is 125 Å². The van der Waals surface area contributed by atoms with Crippen LogP contribution in [0.15, 0.2) is 0 Å². The SMILES string of the molecule is CCCOC(=O)CCC(CC(C)C(=O)O)C(=O)OCCC. The lowest BCUT2D eigenvalue weighted by Gasteiger charge is -2.17. The van der Waals surface area contributed by atoms with Gasteiger partial charge in [0.05, 0.1) is 25.0 Å². The molecule has 0 aromatic heterocycles. The summed E-state index contributed by atoms with van der Waals surface area (Å²) in [5.41, 5.74) is 0. The number of esters is 2. The van der Waals surface area contributed by atoms with E-state index in [1.54, 1.807) is 0 Å². The minimum absolute atomic E-state index is 0.0955. The number of aliphatic carboxylic acids is 1. The Balaban J connectivity index is 4.46. The molecule has 2 unspecified atom stereocenters. The van der Waals surface area contributed by atoms with Crippen LogP contribution < -0.4 is 0 Å². The van der Waals surface area contributed by atoms with Crippen molar-refractivity contribution in [2.75, 3.05) is 13.2 Å². The molecule has 0 saturated heterocycles. The maximum absolute atomic E-state index is 11.9. The molecule has 0 fully saturated rings. The Kier molecular flexibility index (Phi) is 10.3. The first-order valence-corrected chi connectivity index (χ1v) is 7.47. The Morgan fingerprint density at radius 2 is 1.62 bits per heavy atom. The van der Waals surface area contributed by atoms with Gasteiger partial charge in [0.15, 0.2) is 0 Å². The second-order valence-electron chi connectivity index (χ2n) is 5.10. The third-order valence-electron chi connectivity index (χ3n) is 3.01. The molecule has 0 heterocycles. The van der Waals surface area contributed by atoms with Crippen LogP contribution >= 0.6 is 0 Å². The van der Waals surface area contributed by atoms with Gasteiger partial charge in [-0.05, 0) is 25.7 Å². The van der Waals surface area contributed by atoms with Crippen molar-refractivity contribution in [2.24, 2.45) is 11.8 Å². The first kappa shape index (κ1) is 19.4. The predicted octanol–water partition coefficient (Wildman–Crippen LogP) is 2.40. The van der Waals surface area contributed by atoms with Crippen molar-refractivity contribution < 1.29 is 29.0 Å². The standard InChI is InChI=1S/C15H26O6/c1-4-8-20-13(16)7-6-12(10-11(3)14(17)18)15(19)21-9-5-2/h11-12H,4-10H2,1-3H3,(H,17,18). The molecule has 0 aromatic rings. The van der Waals surface area contributed by atoms with E-state index >= 15 is 0 Å². The Morgan fingerprint density at radius 1 is 1.05 bits per heavy atom. The summed E-state index contributed by atoms with van der Waals surface area (Å²) >= 11 is 0. The van der Waals surface area contributed by atoms with Gasteiger partial charge in [-0.1, -0.05) is 20.8 Å². The number of carbonyl (C=O) groups is 3. The second-order valence-corrected chi connectivity index (χ2v) is 5.10. The van der Waals surface area contributed by atoms with Gasteiger partial charge < -0.3 is 14.6 Å². The summed E-state index contributed by atoms with van der Waals surface area (Å²) in [7, 11) is 0. The minimum atomic E-state index is -0.961. The van der Waals surface area contributed by atoms with Crippen LogP contribution in [0.3, 0.4) is 0 Å². The van der Waals surface area contributed by atoms with E-state index in [1.165, 1.54) is 6.92 Å². The number of hydrogen-bond donors (Lipinski definition) is 1. The van der Waals surface area contributed by atoms with Gasteiger partial charge in [0.1, 0.15) is 0 Å². The van der Waals surface area contributed by atoms with Crippen LogP contribution in [-0.4, -0.2) is 36.2 Å². The van der Waals surface area contributed by atoms with Gasteiger partial charge in [0.2, 0.25) is 0 Å². The zero-order valence-corrected chi connectivity index (χ0v) is 13.1. The summed E-state index contributed by atoms with van der Waals surface area (Å²) in [5.74, 6) is -3.01. The topological polar surface area (TPSA) is 89.9 Å². The summed E-state index contributed by atoms with van der Waals surface area (Å²) in [5, 5.41) is 8.94. The lowest BCUT2D eigenvalue weighted by molar-refractivity contribution is -0.151. The molecule has 0 amide bonds. The van der Waals surface area contributed by atoms with E-state index in [2.05, 4.69) is 0 Å². The molecule has 2 atom stereocenters. The number of carbonyl (C=O) groups excluding carboxylic acids is 2. The summed E-state index contributed by atoms with van der Waals surface area (Å²) in [6.45, 7) is 5.97. The van der Waals surface area contributed by atoms with Crippen molar-refractivity contribution in [1.82, 2.24) is 0 Å². The molecule has 0 aliphatic rings. The summed E-state index contributed by atoms with van der Waals surface area (Å²) in [6, 6.07) is 0. The molecule has 1 N–H and O–H groups in total. The van der Waals surface area contributed by atoms with Crippen LogP contribution in [0.1, 0.15) is 52.9 Å². The summed E-state index contributed by atoms with van der Waals surface area (Å²) < 4.78 is 10.0. The highest BCUT2D eigenvalue weighted by Gasteiger charge is 2.26. The fraction of sp³-hybridized carbons (Fsp3) is 0.800. The van der Waals surface area contributed by atoms with Crippen molar-refractivity contribution in [3.8, 4) is 0 Å². The smallest absolute Gasteiger partial charge is 0.308 e. The minimum Gasteiger partial charge on any atom is -0.481 e. The third kappa shape index (κ3) is 9.05. The zero-order valence-electron chi connectivity index (χ0n) is 13.1. The molecule has 0 rings (SSSR count). The number of rotatable bonds is 11. The van der Waals surface area contributed by atoms with Gasteiger partial charge in [0, 0.05) is 6.42 Å². The number of ether oxygens (including phenoxy) is 2. The van der Waals surface area contributed by atoms with Crippen molar-refractivity contribution in [3.63, 3.8) is 0 Å². The van der Waals surface area contributed by atoms with Gasteiger partial charge in [-0.3, -0.25) is 14.4 Å². The fourth-order valence-electron chi connectivity index (χ4n) is 1.76. The molecule has 0 bridgehead atoms. The molecule has 122 valence electrons. The van der Waals surface area contributed by atoms with E-state index in [-0.39, 0.29) is 25.2 Å². The van der Waals surface area contributed by atoms with E-state index in [0.717, 1.165) is 6.42 Å². The van der Waals surface area contributed by atoms with Crippen LogP contribution in [0.2, 0.25) is 0 Å². The normalized spacial score (nSPS) is 13.3. The fourth-order valence-corrected chi connectivity index (χ4v) is 1.76. The number of carboxylic acid groups (broad SMARTS) is 1. The molecule has 6 heteroatoms. The average molecular weight is 302 g/mol. The molecule has 6 nitrogen and oxygen atoms in total. The average Bonchev–Trinajstić information content (AvgIpc) is 2.46. The highest BCUT2D eigenvalue weighted by Crippen LogP contribution is 2.20. The van der Waals surface area contributed by atoms with Crippen molar-refractivity contribution in [3.05, 3.63) is 0 Å². The Morgan fingerprint density at radius 3 is 2.14 bits per heavy atom. The molecule has 0 radical (unpaired) electrons. The molecule has 0 aliphatic heterocycles. The maximum atomic E-state index is 11.9. The van der Waals surface area contributed by atoms with Crippen molar-refractivity contribution in [2.45, 2.75) is 52.9 Å². The molecule has 0 aromatic carbocycles. The van der Waals surface area contributed by atoms with E-state index in [4.69, 9.17) is 14.6 Å². The number of carboxylic acids is 1. The molecule has 0 spiro atoms. The van der Waals surface area contributed by atoms with Crippen LogP contribution in [0, 0.1) is 11.8 Å². The van der Waals surface area contributed by atoms with Crippen LogP contribution in [0.4, 0.5) is 0 Å². The van der Waals surface area contributed by atoms with E-state index in [9.17, 15) is 14.4 Å². The van der Waals surface area contributed by atoms with Gasteiger partial charge in [-0.25, -0.2) is 0 Å². The third-order valence-corrected chi connectivity index (χ3v) is 3.01. The number of hydrogen-bond acceptors (Lipinski definition) is 5. The second kappa shape index (κ2) is 11.1. The first-order valence-electron chi connectivity index (χ1n) is 7.47. The van der Waals surface area contributed by atoms with Crippen LogP contribution in [0.25, 0.3) is 0 Å². The molecule has 0 aliphatic carbocycles. The van der Waals surface area contributed by atoms with Crippen molar-refractivity contribution >= 4 is 17.9 Å². The van der Waals surface area contributed by atoms with Crippen LogP contribution in [0.5, 0.6) is 0 Å². The van der Waals surface area contributed by atoms with Gasteiger partial charge in [-0.2, -0.15) is 0 Å². The lowest BCUT2D eigenvalue weighted by atomic mass is 9.92. The van der Waals surface area contributed by atoms with Crippen LogP contribution in [-0.2, 0) is 23.9 Å². The first-order chi connectivity index (χ1) is 9.92.